The largest absolute Gasteiger partial charge is 0.273 e. The Morgan fingerprint density at radius 3 is 2.65 bits per heavy atom. The standard InChI is InChI=1S/C13H16BrN3O2S/c1-9-4-5-12(14)6-13(9)20(18,19)16-8-11-7-15-17(3)10(11)2/h4-7,16H,8H2,1-3H3. The summed E-state index contributed by atoms with van der Waals surface area (Å²) in [6.45, 7) is 3.91. The van der Waals surface area contributed by atoms with E-state index in [1.807, 2.05) is 20.0 Å². The molecule has 0 saturated heterocycles. The zero-order valence-corrected chi connectivity index (χ0v) is 13.9. The number of nitrogens with one attached hydrogen (secondary N) is 1. The van der Waals surface area contributed by atoms with Crippen molar-refractivity contribution in [1.82, 2.24) is 14.5 Å². The summed E-state index contributed by atoms with van der Waals surface area (Å²) in [5, 5.41) is 4.10. The molecule has 0 amide bonds. The number of aromatic nitrogens is 2. The van der Waals surface area contributed by atoms with Gasteiger partial charge in [-0.25, -0.2) is 13.1 Å². The second-order valence-corrected chi connectivity index (χ2v) is 7.26. The van der Waals surface area contributed by atoms with Crippen molar-refractivity contribution in [2.45, 2.75) is 25.3 Å². The van der Waals surface area contributed by atoms with Gasteiger partial charge in [0.2, 0.25) is 10.0 Å². The van der Waals surface area contributed by atoms with Crippen LogP contribution in [0.5, 0.6) is 0 Å². The molecule has 108 valence electrons. The van der Waals surface area contributed by atoms with Gasteiger partial charge in [0.1, 0.15) is 0 Å². The molecule has 0 bridgehead atoms. The summed E-state index contributed by atoms with van der Waals surface area (Å²) >= 11 is 3.29. The maximum Gasteiger partial charge on any atom is 0.241 e. The molecule has 0 saturated carbocycles. The first-order valence-corrected chi connectivity index (χ1v) is 8.32. The highest BCUT2D eigenvalue weighted by Crippen LogP contribution is 2.20. The van der Waals surface area contributed by atoms with Crippen LogP contribution in [-0.2, 0) is 23.6 Å². The Morgan fingerprint density at radius 1 is 1.35 bits per heavy atom. The molecule has 0 aliphatic heterocycles. The first-order chi connectivity index (χ1) is 9.31. The Morgan fingerprint density at radius 2 is 2.05 bits per heavy atom. The van der Waals surface area contributed by atoms with Gasteiger partial charge in [-0.1, -0.05) is 22.0 Å². The van der Waals surface area contributed by atoms with Gasteiger partial charge in [0.25, 0.3) is 0 Å². The lowest BCUT2D eigenvalue weighted by atomic mass is 10.2. The minimum atomic E-state index is -3.54. The third-order valence-corrected chi connectivity index (χ3v) is 5.27. The Kier molecular flexibility index (Phi) is 4.31. The first kappa shape index (κ1) is 15.2. The second-order valence-electron chi connectivity index (χ2n) is 4.61. The zero-order valence-electron chi connectivity index (χ0n) is 11.5. The molecule has 0 atom stereocenters. The molecule has 1 N–H and O–H groups in total. The van der Waals surface area contributed by atoms with E-state index in [1.165, 1.54) is 0 Å². The Hall–Kier alpha value is -1.18. The van der Waals surface area contributed by atoms with Gasteiger partial charge in [-0.2, -0.15) is 5.10 Å². The highest BCUT2D eigenvalue weighted by molar-refractivity contribution is 9.10. The summed E-state index contributed by atoms with van der Waals surface area (Å²) in [5.74, 6) is 0. The van der Waals surface area contributed by atoms with E-state index in [9.17, 15) is 8.42 Å². The molecule has 0 radical (unpaired) electrons. The van der Waals surface area contributed by atoms with Crippen molar-refractivity contribution < 1.29 is 8.42 Å². The van der Waals surface area contributed by atoms with E-state index in [-0.39, 0.29) is 11.4 Å². The van der Waals surface area contributed by atoms with Crippen LogP contribution in [0.1, 0.15) is 16.8 Å². The number of rotatable bonds is 4. The number of benzene rings is 1. The normalized spacial score (nSPS) is 11.8. The molecule has 7 heteroatoms. The maximum absolute atomic E-state index is 12.3. The number of hydrogen-bond donors (Lipinski definition) is 1. The van der Waals surface area contributed by atoms with Gasteiger partial charge in [-0.15, -0.1) is 0 Å². The minimum absolute atomic E-state index is 0.230. The molecule has 1 aromatic carbocycles. The number of aryl methyl sites for hydroxylation is 2. The van der Waals surface area contributed by atoms with Gasteiger partial charge in [0.15, 0.2) is 0 Å². The zero-order chi connectivity index (χ0) is 14.9. The lowest BCUT2D eigenvalue weighted by Crippen LogP contribution is -2.24. The maximum atomic E-state index is 12.3. The van der Waals surface area contributed by atoms with Crippen molar-refractivity contribution in [2.24, 2.45) is 7.05 Å². The van der Waals surface area contributed by atoms with Gasteiger partial charge in [-0.3, -0.25) is 4.68 Å². The molecule has 0 spiro atoms. The van der Waals surface area contributed by atoms with Crippen LogP contribution in [-0.4, -0.2) is 18.2 Å². The summed E-state index contributed by atoms with van der Waals surface area (Å²) in [4.78, 5) is 0.286. The van der Waals surface area contributed by atoms with Crippen LogP contribution in [0.25, 0.3) is 0 Å². The third-order valence-electron chi connectivity index (χ3n) is 3.23. The SMILES string of the molecule is Cc1ccc(Br)cc1S(=O)(=O)NCc1cnn(C)c1C. The van der Waals surface area contributed by atoms with Crippen LogP contribution < -0.4 is 4.72 Å². The summed E-state index contributed by atoms with van der Waals surface area (Å²) in [5.41, 5.74) is 2.52. The Labute approximate surface area is 127 Å². The predicted molar refractivity (Wildman–Crippen MR) is 80.8 cm³/mol. The molecule has 0 fully saturated rings. The molecule has 5 nitrogen and oxygen atoms in total. The van der Waals surface area contributed by atoms with Gasteiger partial charge in [0, 0.05) is 29.3 Å². The highest BCUT2D eigenvalue weighted by Gasteiger charge is 2.17. The molecule has 0 aliphatic rings. The fourth-order valence-electron chi connectivity index (χ4n) is 1.83. The van der Waals surface area contributed by atoms with Crippen LogP contribution in [0.2, 0.25) is 0 Å². The van der Waals surface area contributed by atoms with Crippen molar-refractivity contribution in [3.05, 3.63) is 45.7 Å². The van der Waals surface area contributed by atoms with Gasteiger partial charge >= 0.3 is 0 Å². The van der Waals surface area contributed by atoms with Gasteiger partial charge in [0.05, 0.1) is 11.1 Å². The van der Waals surface area contributed by atoms with E-state index in [0.717, 1.165) is 15.7 Å². The molecular weight excluding hydrogens is 342 g/mol. The van der Waals surface area contributed by atoms with Crippen LogP contribution in [0, 0.1) is 13.8 Å². The van der Waals surface area contributed by atoms with E-state index in [0.29, 0.717) is 5.56 Å². The minimum Gasteiger partial charge on any atom is -0.273 e. The summed E-state index contributed by atoms with van der Waals surface area (Å²) in [6, 6.07) is 5.20. The Balaban J connectivity index is 2.24. The second kappa shape index (κ2) is 5.67. The van der Waals surface area contributed by atoms with Crippen molar-refractivity contribution in [1.29, 1.82) is 0 Å². The number of sulfonamides is 1. The fraction of sp³-hybridized carbons (Fsp3) is 0.308. The average Bonchev–Trinajstić information content (AvgIpc) is 2.70. The number of halogens is 1. The highest BCUT2D eigenvalue weighted by atomic mass is 79.9. The fourth-order valence-corrected chi connectivity index (χ4v) is 3.62. The van der Waals surface area contributed by atoms with Crippen LogP contribution in [0.3, 0.4) is 0 Å². The predicted octanol–water partition coefficient (Wildman–Crippen LogP) is 2.28. The van der Waals surface area contributed by atoms with Gasteiger partial charge in [-0.05, 0) is 31.5 Å². The van der Waals surface area contributed by atoms with Crippen molar-refractivity contribution >= 4 is 26.0 Å². The molecule has 2 rings (SSSR count). The van der Waals surface area contributed by atoms with E-state index in [1.54, 1.807) is 29.9 Å². The molecule has 1 aromatic heterocycles. The number of nitrogens with zero attached hydrogens (tertiary/aromatic N) is 2. The molecule has 0 unspecified atom stereocenters. The molecule has 2 aromatic rings. The topological polar surface area (TPSA) is 64.0 Å². The van der Waals surface area contributed by atoms with E-state index in [4.69, 9.17) is 0 Å². The third kappa shape index (κ3) is 3.11. The van der Waals surface area contributed by atoms with E-state index in [2.05, 4.69) is 25.8 Å². The van der Waals surface area contributed by atoms with Crippen LogP contribution in [0.4, 0.5) is 0 Å². The van der Waals surface area contributed by atoms with Crippen molar-refractivity contribution in [2.75, 3.05) is 0 Å². The molecular formula is C13H16BrN3O2S. The molecule has 0 aliphatic carbocycles. The lowest BCUT2D eigenvalue weighted by Gasteiger charge is -2.09. The van der Waals surface area contributed by atoms with Crippen LogP contribution in [0.15, 0.2) is 33.8 Å². The van der Waals surface area contributed by atoms with Crippen LogP contribution >= 0.6 is 15.9 Å². The van der Waals surface area contributed by atoms with Gasteiger partial charge < -0.3 is 0 Å². The van der Waals surface area contributed by atoms with Crippen molar-refractivity contribution in [3.8, 4) is 0 Å². The smallest absolute Gasteiger partial charge is 0.241 e. The lowest BCUT2D eigenvalue weighted by molar-refractivity contribution is 0.580. The summed E-state index contributed by atoms with van der Waals surface area (Å²) in [6.07, 6.45) is 1.67. The van der Waals surface area contributed by atoms with E-state index >= 15 is 0 Å². The average molecular weight is 358 g/mol. The van der Waals surface area contributed by atoms with E-state index < -0.39 is 10.0 Å². The number of hydrogen-bond acceptors (Lipinski definition) is 3. The summed E-state index contributed by atoms with van der Waals surface area (Å²) in [7, 11) is -1.71. The summed E-state index contributed by atoms with van der Waals surface area (Å²) < 4.78 is 29.7. The molecule has 20 heavy (non-hydrogen) atoms. The molecule has 1 heterocycles. The monoisotopic (exact) mass is 357 g/mol. The Bertz CT molecular complexity index is 738. The first-order valence-electron chi connectivity index (χ1n) is 6.04. The van der Waals surface area contributed by atoms with Crippen molar-refractivity contribution in [3.63, 3.8) is 0 Å². The quantitative estimate of drug-likeness (QED) is 0.912.